The van der Waals surface area contributed by atoms with Crippen LogP contribution in [-0.4, -0.2) is 8.42 Å². The van der Waals surface area contributed by atoms with Crippen LogP contribution in [0.15, 0.2) is 58.1 Å². The molecule has 5 nitrogen and oxygen atoms in total. The van der Waals surface area contributed by atoms with Crippen LogP contribution in [0.5, 0.6) is 0 Å². The van der Waals surface area contributed by atoms with Crippen molar-refractivity contribution in [2.45, 2.75) is 11.8 Å². The topological polar surface area (TPSA) is 80.3 Å². The summed E-state index contributed by atoms with van der Waals surface area (Å²) in [5.74, 6) is 0.0142. The molecule has 20 heavy (non-hydrogen) atoms. The molecule has 0 N–H and O–H groups in total. The number of allylic oxidation sites excluding steroid dienone is 1. The van der Waals surface area contributed by atoms with Crippen LogP contribution in [0.3, 0.4) is 0 Å². The molecule has 0 saturated carbocycles. The molecule has 0 amide bonds. The summed E-state index contributed by atoms with van der Waals surface area (Å²) in [5.41, 5.74) is 0.933. The van der Waals surface area contributed by atoms with E-state index in [-0.39, 0.29) is 16.4 Å². The van der Waals surface area contributed by atoms with Crippen molar-refractivity contribution >= 4 is 15.9 Å². The molecule has 2 rings (SSSR count). The molecule has 0 radical (unpaired) electrons. The molecule has 0 unspecified atom stereocenters. The number of nitriles is 1. The fraction of sp³-hybridized carbons (Fsp3) is 0.0714. The summed E-state index contributed by atoms with van der Waals surface area (Å²) in [6.07, 6.45) is 2.34. The lowest BCUT2D eigenvalue weighted by molar-refractivity contribution is 0.440. The van der Waals surface area contributed by atoms with Crippen LogP contribution in [0.25, 0.3) is 5.76 Å². The second kappa shape index (κ2) is 5.63. The summed E-state index contributed by atoms with van der Waals surface area (Å²) in [4.78, 5) is 0.0125. The van der Waals surface area contributed by atoms with Gasteiger partial charge in [0, 0.05) is 0 Å². The quantitative estimate of drug-likeness (QED) is 0.491. The van der Waals surface area contributed by atoms with Crippen molar-refractivity contribution in [2.75, 3.05) is 0 Å². The molecular weight excluding hydrogens is 278 g/mol. The third-order valence-electron chi connectivity index (χ3n) is 2.47. The molecule has 0 saturated heterocycles. The average molecular weight is 289 g/mol. The molecular formula is C14H11NO4S. The van der Waals surface area contributed by atoms with Crippen LogP contribution >= 0.6 is 0 Å². The summed E-state index contributed by atoms with van der Waals surface area (Å²) in [6.45, 7) is 1.85. The Labute approximate surface area is 116 Å². The number of benzene rings is 1. The zero-order valence-corrected chi connectivity index (χ0v) is 11.4. The molecule has 0 aliphatic carbocycles. The third-order valence-corrected chi connectivity index (χ3v) is 3.72. The summed E-state index contributed by atoms with van der Waals surface area (Å²) in [6, 6.07) is 11.0. The number of hydrogen-bond donors (Lipinski definition) is 0. The van der Waals surface area contributed by atoms with E-state index in [1.54, 1.807) is 24.3 Å². The van der Waals surface area contributed by atoms with E-state index in [1.165, 1.54) is 24.5 Å². The van der Waals surface area contributed by atoms with Gasteiger partial charge in [-0.3, -0.25) is 0 Å². The first-order valence-corrected chi connectivity index (χ1v) is 7.08. The molecule has 0 fully saturated rings. The highest BCUT2D eigenvalue weighted by molar-refractivity contribution is 7.87. The maximum atomic E-state index is 12.1. The number of aryl methyl sites for hydroxylation is 1. The summed E-state index contributed by atoms with van der Waals surface area (Å²) in [7, 11) is -4.00. The predicted octanol–water partition coefficient (Wildman–Crippen LogP) is 2.86. The van der Waals surface area contributed by atoms with Gasteiger partial charge in [-0.05, 0) is 31.2 Å². The number of nitrogens with zero attached hydrogens (tertiary/aromatic N) is 1. The molecule has 0 bridgehead atoms. The minimum absolute atomic E-state index is 0.0125. The van der Waals surface area contributed by atoms with Gasteiger partial charge in [-0.25, -0.2) is 0 Å². The van der Waals surface area contributed by atoms with Gasteiger partial charge in [0.05, 0.1) is 18.4 Å². The largest absolute Gasteiger partial charge is 0.461 e. The highest BCUT2D eigenvalue weighted by atomic mass is 32.2. The van der Waals surface area contributed by atoms with Crippen LogP contribution in [0.2, 0.25) is 0 Å². The Kier molecular flexibility index (Phi) is 3.91. The summed E-state index contributed by atoms with van der Waals surface area (Å²) < 4.78 is 34.2. The van der Waals surface area contributed by atoms with Crippen LogP contribution < -0.4 is 0 Å². The lowest BCUT2D eigenvalue weighted by Gasteiger charge is -2.08. The van der Waals surface area contributed by atoms with E-state index in [2.05, 4.69) is 0 Å². The molecule has 0 atom stereocenters. The molecule has 0 aliphatic heterocycles. The van der Waals surface area contributed by atoms with Gasteiger partial charge in [0.2, 0.25) is 0 Å². The van der Waals surface area contributed by atoms with Crippen molar-refractivity contribution < 1.29 is 17.0 Å². The van der Waals surface area contributed by atoms with E-state index in [0.29, 0.717) is 0 Å². The smallest absolute Gasteiger partial charge is 0.339 e. The summed E-state index contributed by atoms with van der Waals surface area (Å²) in [5, 5.41) is 8.70. The van der Waals surface area contributed by atoms with Crippen molar-refractivity contribution in [1.29, 1.82) is 5.26 Å². The lowest BCUT2D eigenvalue weighted by atomic mass is 10.2. The van der Waals surface area contributed by atoms with Crippen LogP contribution in [0, 0.1) is 18.3 Å². The van der Waals surface area contributed by atoms with E-state index in [1.807, 2.05) is 6.92 Å². The first kappa shape index (κ1) is 13.9. The molecule has 0 spiro atoms. The second-order valence-corrected chi connectivity index (χ2v) is 5.51. The predicted molar refractivity (Wildman–Crippen MR) is 71.7 cm³/mol. The van der Waals surface area contributed by atoms with Gasteiger partial charge in [-0.2, -0.15) is 13.7 Å². The Morgan fingerprint density at radius 3 is 2.55 bits per heavy atom. The van der Waals surface area contributed by atoms with Gasteiger partial charge < -0.3 is 8.60 Å². The third kappa shape index (κ3) is 3.08. The van der Waals surface area contributed by atoms with E-state index in [0.717, 1.165) is 11.6 Å². The Morgan fingerprint density at radius 1 is 1.30 bits per heavy atom. The standard InChI is InChI=1S/C14H11NO4S/c1-11-4-6-12(7-5-11)20(16,17)19-14(8-9-15)13-3-2-10-18-13/h2-8,10H,1H3/b14-8-. The minimum Gasteiger partial charge on any atom is -0.461 e. The van der Waals surface area contributed by atoms with Crippen molar-refractivity contribution in [3.63, 3.8) is 0 Å². The Morgan fingerprint density at radius 2 is 2.00 bits per heavy atom. The fourth-order valence-corrected chi connectivity index (χ4v) is 2.42. The van der Waals surface area contributed by atoms with Crippen molar-refractivity contribution in [2.24, 2.45) is 0 Å². The molecule has 2 aromatic rings. The summed E-state index contributed by atoms with van der Waals surface area (Å²) >= 11 is 0. The minimum atomic E-state index is -4.00. The lowest BCUT2D eigenvalue weighted by Crippen LogP contribution is -2.05. The molecule has 0 aliphatic rings. The number of rotatable bonds is 4. The first-order valence-electron chi connectivity index (χ1n) is 5.68. The van der Waals surface area contributed by atoms with E-state index >= 15 is 0 Å². The molecule has 1 aromatic heterocycles. The zero-order valence-electron chi connectivity index (χ0n) is 10.6. The van der Waals surface area contributed by atoms with Gasteiger partial charge >= 0.3 is 10.1 Å². The molecule has 1 heterocycles. The van der Waals surface area contributed by atoms with Gasteiger partial charge in [-0.1, -0.05) is 17.7 Å². The Hall–Kier alpha value is -2.52. The monoisotopic (exact) mass is 289 g/mol. The number of furan rings is 1. The van der Waals surface area contributed by atoms with Gasteiger partial charge in [0.1, 0.15) is 4.90 Å². The van der Waals surface area contributed by atoms with Gasteiger partial charge in [-0.15, -0.1) is 0 Å². The van der Waals surface area contributed by atoms with Crippen LogP contribution in [-0.2, 0) is 14.3 Å². The van der Waals surface area contributed by atoms with E-state index in [4.69, 9.17) is 13.9 Å². The Bertz CT molecular complexity index is 751. The zero-order chi connectivity index (χ0) is 14.6. The molecule has 1 aromatic carbocycles. The second-order valence-electron chi connectivity index (χ2n) is 3.97. The maximum absolute atomic E-state index is 12.1. The van der Waals surface area contributed by atoms with Gasteiger partial charge in [0.25, 0.3) is 0 Å². The van der Waals surface area contributed by atoms with Crippen molar-refractivity contribution in [3.8, 4) is 6.07 Å². The van der Waals surface area contributed by atoms with Crippen LogP contribution in [0.4, 0.5) is 0 Å². The normalized spacial score (nSPS) is 11.9. The average Bonchev–Trinajstić information content (AvgIpc) is 2.92. The highest BCUT2D eigenvalue weighted by Gasteiger charge is 2.20. The molecule has 102 valence electrons. The fourth-order valence-electron chi connectivity index (χ4n) is 1.48. The van der Waals surface area contributed by atoms with Crippen molar-refractivity contribution in [3.05, 3.63) is 60.1 Å². The maximum Gasteiger partial charge on any atom is 0.339 e. The van der Waals surface area contributed by atoms with E-state index in [9.17, 15) is 8.42 Å². The molecule has 6 heteroatoms. The van der Waals surface area contributed by atoms with Crippen LogP contribution in [0.1, 0.15) is 11.3 Å². The number of hydrogen-bond acceptors (Lipinski definition) is 5. The highest BCUT2D eigenvalue weighted by Crippen LogP contribution is 2.23. The van der Waals surface area contributed by atoms with E-state index < -0.39 is 10.1 Å². The SMILES string of the molecule is Cc1ccc(S(=O)(=O)O/C(=C\C#N)c2ccco2)cc1. The van der Waals surface area contributed by atoms with Gasteiger partial charge in [0.15, 0.2) is 11.5 Å². The Balaban J connectivity index is 2.34. The van der Waals surface area contributed by atoms with Crippen molar-refractivity contribution in [1.82, 2.24) is 0 Å². The first-order chi connectivity index (χ1) is 9.53.